The van der Waals surface area contributed by atoms with Gasteiger partial charge in [0.1, 0.15) is 0 Å². The maximum Gasteiger partial charge on any atom is 0.305 e. The second kappa shape index (κ2) is 7.24. The number of nitrogens with two attached hydrogens (primary N) is 1. The molecule has 0 aliphatic heterocycles. The summed E-state index contributed by atoms with van der Waals surface area (Å²) in [6.45, 7) is 1.33. The van der Waals surface area contributed by atoms with Crippen LogP contribution in [0.3, 0.4) is 0 Å². The van der Waals surface area contributed by atoms with Crippen molar-refractivity contribution < 1.29 is 19.5 Å². The molecule has 2 unspecified atom stereocenters. The largest absolute Gasteiger partial charge is 0.481 e. The van der Waals surface area contributed by atoms with Gasteiger partial charge in [-0.25, -0.2) is 0 Å². The Hall–Kier alpha value is -1.08. The third kappa shape index (κ3) is 5.13. The summed E-state index contributed by atoms with van der Waals surface area (Å²) in [5, 5.41) is 10.3. The van der Waals surface area contributed by atoms with E-state index in [1.54, 1.807) is 6.26 Å². The number of ketones is 1. The van der Waals surface area contributed by atoms with Crippen LogP contribution in [0, 0.1) is 0 Å². The summed E-state index contributed by atoms with van der Waals surface area (Å²) in [6.07, 6.45) is 1.36. The van der Waals surface area contributed by atoms with Gasteiger partial charge in [-0.2, -0.15) is 11.8 Å². The Morgan fingerprint density at radius 1 is 1.44 bits per heavy atom. The third-order valence-electron chi connectivity index (χ3n) is 1.98. The maximum atomic E-state index is 11.6. The number of rotatable bonds is 7. The highest BCUT2D eigenvalue weighted by Crippen LogP contribution is 2.11. The number of hydrogen-bond acceptors (Lipinski definition) is 5. The van der Waals surface area contributed by atoms with Crippen molar-refractivity contribution in [1.82, 2.24) is 5.32 Å². The van der Waals surface area contributed by atoms with E-state index in [1.165, 1.54) is 6.92 Å². The zero-order chi connectivity index (χ0) is 12.7. The van der Waals surface area contributed by atoms with Crippen LogP contribution < -0.4 is 11.1 Å². The Morgan fingerprint density at radius 2 is 2.00 bits per heavy atom. The van der Waals surface area contributed by atoms with Crippen molar-refractivity contribution in [1.29, 1.82) is 0 Å². The van der Waals surface area contributed by atoms with Gasteiger partial charge in [-0.1, -0.05) is 0 Å². The van der Waals surface area contributed by atoms with Crippen molar-refractivity contribution in [2.24, 2.45) is 5.73 Å². The molecule has 0 saturated carbocycles. The summed E-state index contributed by atoms with van der Waals surface area (Å²) in [5.41, 5.74) is 5.31. The second-order valence-corrected chi connectivity index (χ2v) is 4.27. The Labute approximate surface area is 98.0 Å². The van der Waals surface area contributed by atoms with Gasteiger partial charge >= 0.3 is 5.97 Å². The lowest BCUT2D eigenvalue weighted by Crippen LogP contribution is -2.48. The molecule has 0 aromatic heterocycles. The van der Waals surface area contributed by atoms with Gasteiger partial charge in [-0.05, 0) is 13.2 Å². The van der Waals surface area contributed by atoms with Crippen LogP contribution in [0.4, 0.5) is 0 Å². The molecular formula is C9H16N2O4S. The topological polar surface area (TPSA) is 109 Å². The smallest absolute Gasteiger partial charge is 0.305 e. The molecule has 0 bridgehead atoms. The monoisotopic (exact) mass is 248 g/mol. The van der Waals surface area contributed by atoms with Gasteiger partial charge in [0.15, 0.2) is 5.78 Å². The van der Waals surface area contributed by atoms with Crippen molar-refractivity contribution in [2.75, 3.05) is 12.8 Å². The molecule has 0 aromatic carbocycles. The highest BCUT2D eigenvalue weighted by Gasteiger charge is 2.24. The van der Waals surface area contributed by atoms with E-state index in [-0.39, 0.29) is 18.7 Å². The van der Waals surface area contributed by atoms with Gasteiger partial charge in [-0.3, -0.25) is 14.4 Å². The van der Waals surface area contributed by atoms with Crippen LogP contribution in [-0.2, 0) is 14.4 Å². The lowest BCUT2D eigenvalue weighted by atomic mass is 10.2. The number of Topliss-reactive ketones (excluding diaryl/α,β-unsaturated/α-hetero) is 1. The fraction of sp³-hybridized carbons (Fsp3) is 0.667. The summed E-state index contributed by atoms with van der Waals surface area (Å²) in [6, 6.07) is -0.740. The number of nitrogens with one attached hydrogen (secondary N) is 1. The number of amides is 1. The number of carbonyl (C=O) groups is 3. The Balaban J connectivity index is 4.40. The quantitative estimate of drug-likeness (QED) is 0.545. The zero-order valence-corrected chi connectivity index (χ0v) is 10.0. The molecule has 1 amide bonds. The molecule has 0 aromatic rings. The first-order valence-corrected chi connectivity index (χ1v) is 5.96. The third-order valence-corrected chi connectivity index (χ3v) is 2.93. The number of carbonyl (C=O) groups excluding carboxylic acids is 2. The Bertz CT molecular complexity index is 283. The van der Waals surface area contributed by atoms with E-state index in [0.29, 0.717) is 0 Å². The minimum absolute atomic E-state index is 0.00917. The van der Waals surface area contributed by atoms with Gasteiger partial charge in [0.25, 0.3) is 0 Å². The van der Waals surface area contributed by atoms with Crippen LogP contribution in [0.25, 0.3) is 0 Å². The predicted molar refractivity (Wildman–Crippen MR) is 61.2 cm³/mol. The molecule has 0 spiro atoms. The second-order valence-electron chi connectivity index (χ2n) is 3.23. The first-order chi connectivity index (χ1) is 7.42. The summed E-state index contributed by atoms with van der Waals surface area (Å²) in [5.74, 6) is -1.77. The number of thioether (sulfide) groups is 1. The van der Waals surface area contributed by atoms with E-state index < -0.39 is 23.2 Å². The fourth-order valence-electron chi connectivity index (χ4n) is 1.03. The number of hydrogen-bond donors (Lipinski definition) is 3. The minimum Gasteiger partial charge on any atom is -0.481 e. The van der Waals surface area contributed by atoms with Crippen LogP contribution in [-0.4, -0.2) is 46.9 Å². The van der Waals surface area contributed by atoms with E-state index in [9.17, 15) is 14.4 Å². The molecule has 0 fully saturated rings. The first kappa shape index (κ1) is 14.9. The van der Waals surface area contributed by atoms with Gasteiger partial charge in [0.05, 0.1) is 17.7 Å². The van der Waals surface area contributed by atoms with Crippen LogP contribution in [0.2, 0.25) is 0 Å². The van der Waals surface area contributed by atoms with Gasteiger partial charge in [0, 0.05) is 6.54 Å². The van der Waals surface area contributed by atoms with Gasteiger partial charge < -0.3 is 16.2 Å². The standard InChI is InChI=1S/C9H16N2O4S/c1-5(12)6(4-10)11-9(15)7(16-2)3-8(13)14/h6-7H,3-4,10H2,1-2H3,(H,11,15)(H,13,14). The van der Waals surface area contributed by atoms with Crippen molar-refractivity contribution in [3.63, 3.8) is 0 Å². The average Bonchev–Trinajstić information content (AvgIpc) is 2.21. The van der Waals surface area contributed by atoms with Gasteiger partial charge in [-0.15, -0.1) is 0 Å². The van der Waals surface area contributed by atoms with Crippen molar-refractivity contribution in [3.8, 4) is 0 Å². The summed E-state index contributed by atoms with van der Waals surface area (Å²) >= 11 is 1.13. The summed E-state index contributed by atoms with van der Waals surface area (Å²) in [7, 11) is 0. The predicted octanol–water partition coefficient (Wildman–Crippen LogP) is -0.775. The molecule has 92 valence electrons. The molecule has 6 nitrogen and oxygen atoms in total. The highest BCUT2D eigenvalue weighted by atomic mass is 32.2. The molecule has 0 heterocycles. The van der Waals surface area contributed by atoms with Crippen LogP contribution in [0.15, 0.2) is 0 Å². The molecule has 4 N–H and O–H groups in total. The highest BCUT2D eigenvalue weighted by molar-refractivity contribution is 7.99. The van der Waals surface area contributed by atoms with E-state index in [0.717, 1.165) is 11.8 Å². The number of carboxylic acid groups (broad SMARTS) is 1. The Morgan fingerprint density at radius 3 is 2.31 bits per heavy atom. The number of aliphatic carboxylic acids is 1. The van der Waals surface area contributed by atoms with Crippen molar-refractivity contribution in [2.45, 2.75) is 24.6 Å². The fourth-order valence-corrected chi connectivity index (χ4v) is 1.62. The molecular weight excluding hydrogens is 232 g/mol. The average molecular weight is 248 g/mol. The Kier molecular flexibility index (Phi) is 6.75. The lowest BCUT2D eigenvalue weighted by molar-refractivity contribution is -0.138. The molecule has 16 heavy (non-hydrogen) atoms. The van der Waals surface area contributed by atoms with Crippen LogP contribution in [0.5, 0.6) is 0 Å². The first-order valence-electron chi connectivity index (χ1n) is 4.67. The van der Waals surface area contributed by atoms with E-state index >= 15 is 0 Å². The molecule has 0 saturated heterocycles. The molecule has 0 rings (SSSR count). The van der Waals surface area contributed by atoms with E-state index in [4.69, 9.17) is 10.8 Å². The summed E-state index contributed by atoms with van der Waals surface area (Å²) in [4.78, 5) is 33.1. The molecule has 7 heteroatoms. The summed E-state index contributed by atoms with van der Waals surface area (Å²) < 4.78 is 0. The minimum atomic E-state index is -1.05. The van der Waals surface area contributed by atoms with Crippen LogP contribution in [0.1, 0.15) is 13.3 Å². The van der Waals surface area contributed by atoms with Crippen molar-refractivity contribution >= 4 is 29.4 Å². The maximum absolute atomic E-state index is 11.6. The lowest BCUT2D eigenvalue weighted by Gasteiger charge is -2.17. The molecule has 2 atom stereocenters. The van der Waals surface area contributed by atoms with E-state index in [1.807, 2.05) is 0 Å². The molecule has 0 radical (unpaired) electrons. The molecule has 0 aliphatic carbocycles. The van der Waals surface area contributed by atoms with Gasteiger partial charge in [0.2, 0.25) is 5.91 Å². The SMILES string of the molecule is CSC(CC(=O)O)C(=O)NC(CN)C(C)=O. The normalized spacial score (nSPS) is 13.9. The van der Waals surface area contributed by atoms with E-state index in [2.05, 4.69) is 5.32 Å². The van der Waals surface area contributed by atoms with Crippen molar-refractivity contribution in [3.05, 3.63) is 0 Å². The van der Waals surface area contributed by atoms with Crippen LogP contribution >= 0.6 is 11.8 Å². The molecule has 0 aliphatic rings. The number of carboxylic acids is 1. The zero-order valence-electron chi connectivity index (χ0n) is 9.23.